The molecule has 188 valence electrons. The van der Waals surface area contributed by atoms with Crippen molar-refractivity contribution in [2.24, 2.45) is 17.8 Å². The molecule has 0 spiro atoms. The van der Waals surface area contributed by atoms with Gasteiger partial charge in [-0.1, -0.05) is 52.0 Å². The van der Waals surface area contributed by atoms with Crippen molar-refractivity contribution < 1.29 is 14.4 Å². The molecular weight excluding hydrogens is 438 g/mol. The zero-order chi connectivity index (χ0) is 25.4. The highest BCUT2D eigenvalue weighted by atomic mass is 16.2. The third-order valence-corrected chi connectivity index (χ3v) is 6.41. The van der Waals surface area contributed by atoms with E-state index in [0.717, 1.165) is 18.4 Å². The predicted octanol–water partition coefficient (Wildman–Crippen LogP) is 5.15. The first-order valence-corrected chi connectivity index (χ1v) is 12.8. The molecular formula is C29H39N3O3. The second-order valence-electron chi connectivity index (χ2n) is 10.3. The number of likely N-dealkylation sites (tertiary alicyclic amines) is 1. The van der Waals surface area contributed by atoms with E-state index in [1.807, 2.05) is 24.3 Å². The van der Waals surface area contributed by atoms with Gasteiger partial charge >= 0.3 is 0 Å². The molecule has 1 aliphatic heterocycles. The molecule has 3 amide bonds. The van der Waals surface area contributed by atoms with Gasteiger partial charge in [0.05, 0.1) is 11.3 Å². The van der Waals surface area contributed by atoms with Gasteiger partial charge in [-0.25, -0.2) is 0 Å². The Bertz CT molecular complexity index is 1020. The minimum Gasteiger partial charge on any atom is -0.356 e. The van der Waals surface area contributed by atoms with Gasteiger partial charge in [0.15, 0.2) is 0 Å². The molecule has 0 aromatic heterocycles. The lowest BCUT2D eigenvalue weighted by Gasteiger charge is -2.32. The number of carbonyl (C=O) groups is 3. The van der Waals surface area contributed by atoms with E-state index in [1.54, 1.807) is 29.2 Å². The molecule has 0 atom stereocenters. The first-order chi connectivity index (χ1) is 16.7. The molecule has 6 heteroatoms. The summed E-state index contributed by atoms with van der Waals surface area (Å²) < 4.78 is 0. The van der Waals surface area contributed by atoms with Crippen LogP contribution in [0.2, 0.25) is 0 Å². The highest BCUT2D eigenvalue weighted by Crippen LogP contribution is 2.23. The monoisotopic (exact) mass is 477 g/mol. The predicted molar refractivity (Wildman–Crippen MR) is 140 cm³/mol. The third-order valence-electron chi connectivity index (χ3n) is 6.41. The van der Waals surface area contributed by atoms with Gasteiger partial charge in [-0.05, 0) is 67.3 Å². The molecule has 2 N–H and O–H groups in total. The lowest BCUT2D eigenvalue weighted by atomic mass is 9.95. The van der Waals surface area contributed by atoms with Crippen LogP contribution >= 0.6 is 0 Å². The maximum atomic E-state index is 13.3. The van der Waals surface area contributed by atoms with E-state index in [-0.39, 0.29) is 23.6 Å². The summed E-state index contributed by atoms with van der Waals surface area (Å²) in [4.78, 5) is 40.5. The summed E-state index contributed by atoms with van der Waals surface area (Å²) in [5.74, 6) is 0.742. The van der Waals surface area contributed by atoms with Gasteiger partial charge in [0.25, 0.3) is 11.8 Å². The number of amides is 3. The van der Waals surface area contributed by atoms with Crippen LogP contribution in [0.5, 0.6) is 0 Å². The largest absolute Gasteiger partial charge is 0.356 e. The maximum Gasteiger partial charge on any atom is 0.255 e. The van der Waals surface area contributed by atoms with Crippen molar-refractivity contribution in [1.82, 2.24) is 10.2 Å². The smallest absolute Gasteiger partial charge is 0.255 e. The summed E-state index contributed by atoms with van der Waals surface area (Å²) in [7, 11) is 0. The molecule has 0 aliphatic carbocycles. The van der Waals surface area contributed by atoms with E-state index in [9.17, 15) is 14.4 Å². The second kappa shape index (κ2) is 12.5. The van der Waals surface area contributed by atoms with E-state index in [4.69, 9.17) is 0 Å². The van der Waals surface area contributed by atoms with E-state index >= 15 is 0 Å². The zero-order valence-corrected chi connectivity index (χ0v) is 21.5. The number of anilines is 1. The number of piperidine rings is 1. The average molecular weight is 478 g/mol. The zero-order valence-electron chi connectivity index (χ0n) is 21.5. The number of hydrogen-bond donors (Lipinski definition) is 2. The van der Waals surface area contributed by atoms with Crippen LogP contribution < -0.4 is 10.6 Å². The third kappa shape index (κ3) is 7.67. The van der Waals surface area contributed by atoms with Crippen LogP contribution in [0.15, 0.2) is 48.5 Å². The van der Waals surface area contributed by atoms with E-state index < -0.39 is 0 Å². The number of benzene rings is 2. The van der Waals surface area contributed by atoms with Crippen LogP contribution in [0.3, 0.4) is 0 Å². The Morgan fingerprint density at radius 3 is 2.34 bits per heavy atom. The molecule has 0 saturated carbocycles. The summed E-state index contributed by atoms with van der Waals surface area (Å²) >= 11 is 0. The normalized spacial score (nSPS) is 14.3. The average Bonchev–Trinajstić information content (AvgIpc) is 2.83. The van der Waals surface area contributed by atoms with Gasteiger partial charge in [-0.3, -0.25) is 14.4 Å². The van der Waals surface area contributed by atoms with Crippen LogP contribution in [-0.2, 0) is 11.2 Å². The fraction of sp³-hybridized carbons (Fsp3) is 0.483. The molecule has 1 fully saturated rings. The Labute approximate surface area is 209 Å². The molecule has 1 heterocycles. The minimum absolute atomic E-state index is 0.0562. The molecule has 1 saturated heterocycles. The lowest BCUT2D eigenvalue weighted by molar-refractivity contribution is -0.126. The summed E-state index contributed by atoms with van der Waals surface area (Å²) in [6.07, 6.45) is 3.17. The second-order valence-corrected chi connectivity index (χ2v) is 10.3. The Balaban J connectivity index is 1.61. The number of nitrogens with zero attached hydrogens (tertiary/aromatic N) is 1. The molecule has 0 bridgehead atoms. The van der Waals surface area contributed by atoms with E-state index in [0.29, 0.717) is 61.1 Å². The van der Waals surface area contributed by atoms with Crippen LogP contribution in [0, 0.1) is 17.8 Å². The lowest BCUT2D eigenvalue weighted by Crippen LogP contribution is -2.43. The van der Waals surface area contributed by atoms with Gasteiger partial charge in [0.2, 0.25) is 5.91 Å². The van der Waals surface area contributed by atoms with Crippen LogP contribution in [0.25, 0.3) is 0 Å². The van der Waals surface area contributed by atoms with Gasteiger partial charge in [-0.15, -0.1) is 0 Å². The van der Waals surface area contributed by atoms with Gasteiger partial charge in [-0.2, -0.15) is 0 Å². The van der Waals surface area contributed by atoms with Crippen molar-refractivity contribution in [2.45, 2.75) is 53.4 Å². The van der Waals surface area contributed by atoms with Crippen molar-refractivity contribution in [1.29, 1.82) is 0 Å². The molecule has 0 unspecified atom stereocenters. The van der Waals surface area contributed by atoms with Crippen molar-refractivity contribution in [2.75, 3.05) is 25.0 Å². The Kier molecular flexibility index (Phi) is 9.47. The van der Waals surface area contributed by atoms with Crippen molar-refractivity contribution in [3.8, 4) is 0 Å². The number of carbonyl (C=O) groups excluding carboxylic acids is 3. The molecule has 1 aliphatic rings. The number of rotatable bonds is 9. The van der Waals surface area contributed by atoms with Gasteiger partial charge in [0.1, 0.15) is 0 Å². The maximum absolute atomic E-state index is 13.3. The van der Waals surface area contributed by atoms with E-state index in [2.05, 4.69) is 38.3 Å². The summed E-state index contributed by atoms with van der Waals surface area (Å²) in [5, 5.41) is 5.97. The van der Waals surface area contributed by atoms with Gasteiger partial charge in [0, 0.05) is 31.1 Å². The number of hydrogen-bond acceptors (Lipinski definition) is 3. The van der Waals surface area contributed by atoms with Gasteiger partial charge < -0.3 is 15.5 Å². The molecule has 2 aromatic rings. The molecule has 3 rings (SSSR count). The minimum atomic E-state index is -0.229. The first kappa shape index (κ1) is 26.5. The summed E-state index contributed by atoms with van der Waals surface area (Å²) in [6.45, 7) is 10.3. The van der Waals surface area contributed by atoms with Crippen LogP contribution in [-0.4, -0.2) is 42.3 Å². The molecule has 35 heavy (non-hydrogen) atoms. The number of nitrogens with one attached hydrogen (secondary N) is 2. The van der Waals surface area contributed by atoms with Crippen molar-refractivity contribution in [3.63, 3.8) is 0 Å². The SMILES string of the molecule is CC(C)CCNC(=O)C1CCN(C(=O)c2ccccc2NC(=O)c2cccc(CC(C)C)c2)CC1. The summed E-state index contributed by atoms with van der Waals surface area (Å²) in [6, 6.07) is 14.8. The molecule has 0 radical (unpaired) electrons. The Morgan fingerprint density at radius 2 is 1.66 bits per heavy atom. The Morgan fingerprint density at radius 1 is 0.943 bits per heavy atom. The topological polar surface area (TPSA) is 78.5 Å². The summed E-state index contributed by atoms with van der Waals surface area (Å²) in [5.41, 5.74) is 2.67. The van der Waals surface area contributed by atoms with Crippen molar-refractivity contribution >= 4 is 23.4 Å². The standard InChI is InChI=1S/C29H39N3O3/c1-20(2)12-15-30-27(33)23-13-16-32(17-14-23)29(35)25-10-5-6-11-26(25)31-28(34)24-9-7-8-22(19-24)18-21(3)4/h5-11,19-21,23H,12-18H2,1-4H3,(H,30,33)(H,31,34). The fourth-order valence-electron chi connectivity index (χ4n) is 4.43. The van der Waals surface area contributed by atoms with Crippen molar-refractivity contribution in [3.05, 3.63) is 65.2 Å². The molecule has 6 nitrogen and oxygen atoms in total. The van der Waals surface area contributed by atoms with Crippen LogP contribution in [0.4, 0.5) is 5.69 Å². The van der Waals surface area contributed by atoms with E-state index in [1.165, 1.54) is 0 Å². The quantitative estimate of drug-likeness (QED) is 0.524. The highest BCUT2D eigenvalue weighted by Gasteiger charge is 2.28. The first-order valence-electron chi connectivity index (χ1n) is 12.8. The fourth-order valence-corrected chi connectivity index (χ4v) is 4.43. The highest BCUT2D eigenvalue weighted by molar-refractivity contribution is 6.09. The molecule has 2 aromatic carbocycles. The number of para-hydroxylation sites is 1. The Hall–Kier alpha value is -3.15. The van der Waals surface area contributed by atoms with Crippen LogP contribution in [0.1, 0.15) is 73.2 Å².